The molecular formula is C11H13Cl3O. The summed E-state index contributed by atoms with van der Waals surface area (Å²) in [5.41, 5.74) is 0.881. The van der Waals surface area contributed by atoms with Gasteiger partial charge in [0.05, 0.1) is 16.1 Å². The molecule has 0 aromatic heterocycles. The maximum Gasteiger partial charge on any atom is 0.0625 e. The number of benzene rings is 1. The Morgan fingerprint density at radius 2 is 2.00 bits per heavy atom. The molecule has 15 heavy (non-hydrogen) atoms. The second-order valence-electron chi connectivity index (χ2n) is 3.40. The highest BCUT2D eigenvalue weighted by atomic mass is 35.5. The molecule has 84 valence electrons. The van der Waals surface area contributed by atoms with E-state index < -0.39 is 6.10 Å². The molecule has 1 unspecified atom stereocenters. The average Bonchev–Trinajstić information content (AvgIpc) is 2.22. The molecule has 0 saturated carbocycles. The van der Waals surface area contributed by atoms with E-state index in [1.54, 1.807) is 6.07 Å². The predicted octanol–water partition coefficient (Wildman–Crippen LogP) is 3.92. The highest BCUT2D eigenvalue weighted by Crippen LogP contribution is 2.26. The van der Waals surface area contributed by atoms with Crippen molar-refractivity contribution in [1.82, 2.24) is 0 Å². The Kier molecular flexibility index (Phi) is 5.77. The van der Waals surface area contributed by atoms with E-state index in [2.05, 4.69) is 0 Å². The predicted molar refractivity (Wildman–Crippen MR) is 66.1 cm³/mol. The van der Waals surface area contributed by atoms with Crippen LogP contribution in [0.1, 0.15) is 18.4 Å². The largest absolute Gasteiger partial charge is 0.393 e. The van der Waals surface area contributed by atoms with Crippen LogP contribution in [0.2, 0.25) is 10.0 Å². The van der Waals surface area contributed by atoms with E-state index in [1.165, 1.54) is 0 Å². The SMILES string of the molecule is OC(CCCCl)Cc1cccc(Cl)c1Cl. The van der Waals surface area contributed by atoms with E-state index in [0.717, 1.165) is 12.0 Å². The molecule has 1 N–H and O–H groups in total. The van der Waals surface area contributed by atoms with Crippen LogP contribution in [0, 0.1) is 0 Å². The van der Waals surface area contributed by atoms with Gasteiger partial charge < -0.3 is 5.11 Å². The van der Waals surface area contributed by atoms with Gasteiger partial charge in [-0.25, -0.2) is 0 Å². The van der Waals surface area contributed by atoms with Crippen molar-refractivity contribution in [2.24, 2.45) is 0 Å². The van der Waals surface area contributed by atoms with Crippen LogP contribution in [0.3, 0.4) is 0 Å². The van der Waals surface area contributed by atoms with E-state index >= 15 is 0 Å². The van der Waals surface area contributed by atoms with Gasteiger partial charge in [-0.15, -0.1) is 11.6 Å². The van der Waals surface area contributed by atoms with Gasteiger partial charge in [-0.2, -0.15) is 0 Å². The first-order valence-corrected chi connectivity index (χ1v) is 6.11. The fourth-order valence-corrected chi connectivity index (χ4v) is 1.93. The van der Waals surface area contributed by atoms with Crippen LogP contribution in [0.25, 0.3) is 0 Å². The molecule has 0 heterocycles. The summed E-state index contributed by atoms with van der Waals surface area (Å²) in [6, 6.07) is 5.44. The summed E-state index contributed by atoms with van der Waals surface area (Å²) >= 11 is 17.4. The zero-order valence-electron chi connectivity index (χ0n) is 8.22. The molecule has 0 fully saturated rings. The lowest BCUT2D eigenvalue weighted by atomic mass is 10.0. The standard InChI is InChI=1S/C11H13Cl3O/c12-6-2-4-9(15)7-8-3-1-5-10(13)11(8)14/h1,3,5,9,15H,2,4,6-7H2. The van der Waals surface area contributed by atoms with Crippen molar-refractivity contribution in [3.8, 4) is 0 Å². The van der Waals surface area contributed by atoms with Crippen LogP contribution in [-0.4, -0.2) is 17.1 Å². The quantitative estimate of drug-likeness (QED) is 0.802. The molecule has 0 amide bonds. The first kappa shape index (κ1) is 13.1. The fraction of sp³-hybridized carbons (Fsp3) is 0.455. The summed E-state index contributed by atoms with van der Waals surface area (Å²) in [4.78, 5) is 0. The summed E-state index contributed by atoms with van der Waals surface area (Å²) in [5.74, 6) is 0.570. The van der Waals surface area contributed by atoms with Gasteiger partial charge >= 0.3 is 0 Å². The third-order valence-corrected chi connectivity index (χ3v) is 3.28. The maximum absolute atomic E-state index is 9.69. The maximum atomic E-state index is 9.69. The van der Waals surface area contributed by atoms with Crippen molar-refractivity contribution in [1.29, 1.82) is 0 Å². The van der Waals surface area contributed by atoms with Crippen molar-refractivity contribution in [2.45, 2.75) is 25.4 Å². The number of aliphatic hydroxyl groups is 1. The molecular weight excluding hydrogens is 254 g/mol. The highest BCUT2D eigenvalue weighted by Gasteiger charge is 2.09. The third-order valence-electron chi connectivity index (χ3n) is 2.16. The zero-order chi connectivity index (χ0) is 11.3. The van der Waals surface area contributed by atoms with Gasteiger partial charge in [-0.05, 0) is 30.9 Å². The van der Waals surface area contributed by atoms with E-state index in [0.29, 0.717) is 28.8 Å². The Morgan fingerprint density at radius 3 is 2.67 bits per heavy atom. The van der Waals surface area contributed by atoms with Crippen molar-refractivity contribution >= 4 is 34.8 Å². The van der Waals surface area contributed by atoms with Gasteiger partial charge in [0.15, 0.2) is 0 Å². The molecule has 1 aromatic rings. The Hall–Kier alpha value is 0.0500. The first-order valence-electron chi connectivity index (χ1n) is 4.82. The Labute approximate surface area is 105 Å². The molecule has 0 radical (unpaired) electrons. The number of alkyl halides is 1. The van der Waals surface area contributed by atoms with Crippen molar-refractivity contribution in [3.63, 3.8) is 0 Å². The molecule has 0 aliphatic heterocycles. The second-order valence-corrected chi connectivity index (χ2v) is 4.57. The van der Waals surface area contributed by atoms with Crippen molar-refractivity contribution in [3.05, 3.63) is 33.8 Å². The normalized spacial score (nSPS) is 12.8. The van der Waals surface area contributed by atoms with Crippen LogP contribution < -0.4 is 0 Å². The number of aliphatic hydroxyl groups excluding tert-OH is 1. The summed E-state index contributed by atoms with van der Waals surface area (Å²) < 4.78 is 0. The Bertz CT molecular complexity index is 315. The molecule has 0 aliphatic rings. The van der Waals surface area contributed by atoms with Crippen LogP contribution >= 0.6 is 34.8 Å². The van der Waals surface area contributed by atoms with E-state index in [4.69, 9.17) is 34.8 Å². The van der Waals surface area contributed by atoms with Crippen LogP contribution in [0.4, 0.5) is 0 Å². The summed E-state index contributed by atoms with van der Waals surface area (Å²) in [5, 5.41) is 10.7. The van der Waals surface area contributed by atoms with Gasteiger partial charge in [0.1, 0.15) is 0 Å². The number of halogens is 3. The van der Waals surface area contributed by atoms with Gasteiger partial charge in [0.2, 0.25) is 0 Å². The van der Waals surface area contributed by atoms with Crippen molar-refractivity contribution in [2.75, 3.05) is 5.88 Å². The topological polar surface area (TPSA) is 20.2 Å². The molecule has 1 atom stereocenters. The monoisotopic (exact) mass is 266 g/mol. The smallest absolute Gasteiger partial charge is 0.0625 e. The second kappa shape index (κ2) is 6.59. The van der Waals surface area contributed by atoms with Crippen LogP contribution in [0.15, 0.2) is 18.2 Å². The molecule has 1 rings (SSSR count). The minimum Gasteiger partial charge on any atom is -0.393 e. The number of hydrogen-bond donors (Lipinski definition) is 1. The lowest BCUT2D eigenvalue weighted by Crippen LogP contribution is -2.10. The Morgan fingerprint density at radius 1 is 1.27 bits per heavy atom. The van der Waals surface area contributed by atoms with E-state index in [9.17, 15) is 5.11 Å². The molecule has 4 heteroatoms. The summed E-state index contributed by atoms with van der Waals surface area (Å²) in [6.07, 6.45) is 1.61. The van der Waals surface area contributed by atoms with Crippen molar-refractivity contribution < 1.29 is 5.11 Å². The molecule has 0 aliphatic carbocycles. The average molecular weight is 268 g/mol. The number of hydrogen-bond acceptors (Lipinski definition) is 1. The third kappa shape index (κ3) is 4.20. The molecule has 1 nitrogen and oxygen atoms in total. The molecule has 0 bridgehead atoms. The lowest BCUT2D eigenvalue weighted by Gasteiger charge is -2.11. The highest BCUT2D eigenvalue weighted by molar-refractivity contribution is 6.42. The molecule has 1 aromatic carbocycles. The summed E-state index contributed by atoms with van der Waals surface area (Å²) in [7, 11) is 0. The van der Waals surface area contributed by atoms with Crippen LogP contribution in [-0.2, 0) is 6.42 Å². The lowest BCUT2D eigenvalue weighted by molar-refractivity contribution is 0.164. The number of rotatable bonds is 5. The summed E-state index contributed by atoms with van der Waals surface area (Å²) in [6.45, 7) is 0. The van der Waals surface area contributed by atoms with E-state index in [-0.39, 0.29) is 0 Å². The minimum atomic E-state index is -0.403. The van der Waals surface area contributed by atoms with Gasteiger partial charge in [0, 0.05) is 5.88 Å². The molecule has 0 saturated heterocycles. The Balaban J connectivity index is 2.60. The van der Waals surface area contributed by atoms with Crippen LogP contribution in [0.5, 0.6) is 0 Å². The minimum absolute atomic E-state index is 0.403. The van der Waals surface area contributed by atoms with Gasteiger partial charge in [-0.3, -0.25) is 0 Å². The first-order chi connectivity index (χ1) is 7.15. The van der Waals surface area contributed by atoms with Gasteiger partial charge in [-0.1, -0.05) is 35.3 Å². The fourth-order valence-electron chi connectivity index (χ4n) is 1.37. The van der Waals surface area contributed by atoms with Gasteiger partial charge in [0.25, 0.3) is 0 Å². The zero-order valence-corrected chi connectivity index (χ0v) is 10.5. The molecule has 0 spiro atoms. The van der Waals surface area contributed by atoms with E-state index in [1.807, 2.05) is 12.1 Å².